The van der Waals surface area contributed by atoms with Crippen molar-refractivity contribution in [2.45, 2.75) is 39.7 Å². The van der Waals surface area contributed by atoms with Gasteiger partial charge in [-0.05, 0) is 42.0 Å². The summed E-state index contributed by atoms with van der Waals surface area (Å²) in [6.45, 7) is 5.72. The Hall–Kier alpha value is -2.42. The average Bonchev–Trinajstić information content (AvgIpc) is 3.44. The van der Waals surface area contributed by atoms with Crippen LogP contribution >= 0.6 is 0 Å². The molecular weight excluding hydrogens is 310 g/mol. The average molecular weight is 335 g/mol. The van der Waals surface area contributed by atoms with Gasteiger partial charge < -0.3 is 5.32 Å². The summed E-state index contributed by atoms with van der Waals surface area (Å²) < 4.78 is 0. The van der Waals surface area contributed by atoms with Crippen LogP contribution in [0.5, 0.6) is 0 Å². The predicted octanol–water partition coefficient (Wildman–Crippen LogP) is 4.48. The lowest BCUT2D eigenvalue weighted by Crippen LogP contribution is -2.47. The lowest BCUT2D eigenvalue weighted by atomic mass is 9.84. The number of ketones is 1. The monoisotopic (exact) mass is 335 g/mol. The Balaban J connectivity index is 1.73. The second-order valence-electron chi connectivity index (χ2n) is 7.85. The summed E-state index contributed by atoms with van der Waals surface area (Å²) in [7, 11) is 0. The molecule has 2 aromatic rings. The minimum Gasteiger partial charge on any atom is -0.342 e. The molecule has 3 heteroatoms. The van der Waals surface area contributed by atoms with E-state index in [0.717, 1.165) is 24.0 Å². The summed E-state index contributed by atoms with van der Waals surface area (Å²) >= 11 is 0. The fraction of sp³-hybridized carbons (Fsp3) is 0.364. The fourth-order valence-corrected chi connectivity index (χ4v) is 2.96. The van der Waals surface area contributed by atoms with E-state index in [9.17, 15) is 9.59 Å². The van der Waals surface area contributed by atoms with Gasteiger partial charge in [0.1, 0.15) is 0 Å². The maximum absolute atomic E-state index is 12.6. The van der Waals surface area contributed by atoms with Crippen LogP contribution < -0.4 is 5.32 Å². The van der Waals surface area contributed by atoms with Gasteiger partial charge in [0.15, 0.2) is 5.78 Å². The van der Waals surface area contributed by atoms with Crippen LogP contribution in [0.1, 0.15) is 44.0 Å². The highest BCUT2D eigenvalue weighted by Crippen LogP contribution is 2.36. The quantitative estimate of drug-likeness (QED) is 0.876. The summed E-state index contributed by atoms with van der Waals surface area (Å²) in [6, 6.07) is 17.2. The summed E-state index contributed by atoms with van der Waals surface area (Å²) in [4.78, 5) is 25.2. The number of carbonyl (C=O) groups is 2. The van der Waals surface area contributed by atoms with Gasteiger partial charge in [-0.15, -0.1) is 0 Å². The first-order valence-electron chi connectivity index (χ1n) is 8.87. The van der Waals surface area contributed by atoms with Crippen LogP contribution in [0, 0.1) is 11.3 Å². The fourth-order valence-electron chi connectivity index (χ4n) is 2.96. The third-order valence-corrected chi connectivity index (χ3v) is 4.66. The first-order chi connectivity index (χ1) is 11.9. The number of benzene rings is 2. The second-order valence-corrected chi connectivity index (χ2v) is 7.85. The van der Waals surface area contributed by atoms with Crippen LogP contribution in [0.15, 0.2) is 54.6 Å². The molecule has 0 bridgehead atoms. The van der Waals surface area contributed by atoms with Crippen molar-refractivity contribution in [3.8, 4) is 11.1 Å². The maximum atomic E-state index is 12.6. The molecule has 0 spiro atoms. The largest absolute Gasteiger partial charge is 0.342 e. The molecule has 0 unspecified atom stereocenters. The van der Waals surface area contributed by atoms with Gasteiger partial charge in [0.05, 0.1) is 6.04 Å². The molecule has 2 aromatic carbocycles. The molecule has 3 nitrogen and oxygen atoms in total. The highest BCUT2D eigenvalue weighted by atomic mass is 16.2. The van der Waals surface area contributed by atoms with Crippen LogP contribution in [0.4, 0.5) is 0 Å². The van der Waals surface area contributed by atoms with Crippen molar-refractivity contribution < 1.29 is 9.59 Å². The minimum atomic E-state index is -0.447. The van der Waals surface area contributed by atoms with Gasteiger partial charge in [-0.2, -0.15) is 0 Å². The molecule has 1 amide bonds. The van der Waals surface area contributed by atoms with E-state index in [1.165, 1.54) is 0 Å². The van der Waals surface area contributed by atoms with Crippen molar-refractivity contribution in [1.29, 1.82) is 0 Å². The van der Waals surface area contributed by atoms with Crippen molar-refractivity contribution in [1.82, 2.24) is 5.32 Å². The molecule has 3 rings (SSSR count). The zero-order valence-corrected chi connectivity index (χ0v) is 15.1. The first kappa shape index (κ1) is 17.4. The topological polar surface area (TPSA) is 46.2 Å². The number of rotatable bonds is 5. The zero-order chi connectivity index (χ0) is 18.0. The van der Waals surface area contributed by atoms with Crippen molar-refractivity contribution in [2.24, 2.45) is 11.3 Å². The number of hydrogen-bond donors (Lipinski definition) is 1. The van der Waals surface area contributed by atoms with Gasteiger partial charge in [-0.1, -0.05) is 63.2 Å². The lowest BCUT2D eigenvalue weighted by molar-refractivity contribution is -0.128. The molecule has 0 aromatic heterocycles. The van der Waals surface area contributed by atoms with Crippen molar-refractivity contribution >= 4 is 11.7 Å². The van der Waals surface area contributed by atoms with E-state index in [4.69, 9.17) is 0 Å². The number of hydrogen-bond acceptors (Lipinski definition) is 2. The molecular formula is C22H25NO2. The van der Waals surface area contributed by atoms with Gasteiger partial charge in [0.25, 0.3) is 5.91 Å². The lowest BCUT2D eigenvalue weighted by Gasteiger charge is -2.25. The maximum Gasteiger partial charge on any atom is 0.251 e. The third kappa shape index (κ3) is 4.16. The van der Waals surface area contributed by atoms with Crippen molar-refractivity contribution in [3.05, 3.63) is 60.2 Å². The molecule has 1 N–H and O–H groups in total. The molecule has 0 radical (unpaired) electrons. The van der Waals surface area contributed by atoms with E-state index in [1.807, 2.05) is 75.4 Å². The van der Waals surface area contributed by atoms with Crippen LogP contribution in [-0.4, -0.2) is 17.7 Å². The summed E-state index contributed by atoms with van der Waals surface area (Å²) in [5.74, 6) is 0.234. The Morgan fingerprint density at radius 2 is 1.48 bits per heavy atom. The first-order valence-corrected chi connectivity index (χ1v) is 8.87. The molecule has 0 heterocycles. The van der Waals surface area contributed by atoms with Crippen LogP contribution in [0.3, 0.4) is 0 Å². The van der Waals surface area contributed by atoms with E-state index < -0.39 is 5.41 Å². The molecule has 1 saturated carbocycles. The molecule has 1 fully saturated rings. The van der Waals surface area contributed by atoms with Crippen molar-refractivity contribution in [2.75, 3.05) is 0 Å². The molecule has 1 aliphatic carbocycles. The molecule has 25 heavy (non-hydrogen) atoms. The summed E-state index contributed by atoms with van der Waals surface area (Å²) in [5, 5.41) is 2.97. The predicted molar refractivity (Wildman–Crippen MR) is 100 cm³/mol. The second kappa shape index (κ2) is 6.83. The molecule has 1 atom stereocenters. The van der Waals surface area contributed by atoms with Crippen molar-refractivity contribution in [3.63, 3.8) is 0 Å². The van der Waals surface area contributed by atoms with E-state index in [0.29, 0.717) is 11.5 Å². The van der Waals surface area contributed by atoms with Gasteiger partial charge in [-0.25, -0.2) is 0 Å². The molecule has 0 aliphatic heterocycles. The summed E-state index contributed by atoms with van der Waals surface area (Å²) in [5.41, 5.74) is 2.33. The standard InChI is InChI=1S/C22H25NO2/c1-22(2,3)20(24)19(17-11-12-17)23-21(25)18-13-9-16(10-14-18)15-7-5-4-6-8-15/h4-10,13-14,17,19H,11-12H2,1-3H3,(H,23,25)/t19-/m0/s1. The zero-order valence-electron chi connectivity index (χ0n) is 15.1. The van der Waals surface area contributed by atoms with Crippen LogP contribution in [0.2, 0.25) is 0 Å². The van der Waals surface area contributed by atoms with E-state index >= 15 is 0 Å². The molecule has 130 valence electrons. The van der Waals surface area contributed by atoms with Gasteiger partial charge >= 0.3 is 0 Å². The smallest absolute Gasteiger partial charge is 0.251 e. The van der Waals surface area contributed by atoms with E-state index in [1.54, 1.807) is 0 Å². The number of carbonyl (C=O) groups excluding carboxylic acids is 2. The number of amides is 1. The Labute approximate surface area is 149 Å². The Kier molecular flexibility index (Phi) is 4.76. The molecule has 1 aliphatic rings. The normalized spacial score (nSPS) is 15.5. The molecule has 0 saturated heterocycles. The van der Waals surface area contributed by atoms with E-state index in [2.05, 4.69) is 5.32 Å². The van der Waals surface area contributed by atoms with Crippen LogP contribution in [-0.2, 0) is 4.79 Å². The summed E-state index contributed by atoms with van der Waals surface area (Å²) in [6.07, 6.45) is 2.03. The Morgan fingerprint density at radius 3 is 2.00 bits per heavy atom. The highest BCUT2D eigenvalue weighted by Gasteiger charge is 2.41. The SMILES string of the molecule is CC(C)(C)C(=O)[C@@H](NC(=O)c1ccc(-c2ccccc2)cc1)C1CC1. The van der Waals surface area contributed by atoms with Gasteiger partial charge in [0, 0.05) is 11.0 Å². The highest BCUT2D eigenvalue weighted by molar-refractivity contribution is 5.99. The van der Waals surface area contributed by atoms with Gasteiger partial charge in [0.2, 0.25) is 0 Å². The minimum absolute atomic E-state index is 0.115. The third-order valence-electron chi connectivity index (χ3n) is 4.66. The Bertz CT molecular complexity index is 753. The number of Topliss-reactive ketones (excluding diaryl/α,β-unsaturated/α-hetero) is 1. The van der Waals surface area contributed by atoms with Gasteiger partial charge in [-0.3, -0.25) is 9.59 Å². The Morgan fingerprint density at radius 1 is 0.920 bits per heavy atom. The number of nitrogens with one attached hydrogen (secondary N) is 1. The van der Waals surface area contributed by atoms with E-state index in [-0.39, 0.29) is 17.7 Å². The van der Waals surface area contributed by atoms with Crippen LogP contribution in [0.25, 0.3) is 11.1 Å².